The highest BCUT2D eigenvalue weighted by atomic mass is 16.3. The molecule has 3 aliphatic carbocycles. The van der Waals surface area contributed by atoms with Crippen LogP contribution in [-0.2, 0) is 0 Å². The fourth-order valence-electron chi connectivity index (χ4n) is 6.22. The van der Waals surface area contributed by atoms with Crippen molar-refractivity contribution in [3.8, 4) is 0 Å². The Morgan fingerprint density at radius 2 is 1.81 bits per heavy atom. The van der Waals surface area contributed by atoms with Crippen molar-refractivity contribution in [2.24, 2.45) is 22.7 Å². The zero-order valence-corrected chi connectivity index (χ0v) is 19.8. The largest absolute Gasteiger partial charge is 0.396 e. The monoisotopic (exact) mass is 427 g/mol. The average Bonchev–Trinajstić information content (AvgIpc) is 3.10. The van der Waals surface area contributed by atoms with Gasteiger partial charge in [0.2, 0.25) is 0 Å². The van der Waals surface area contributed by atoms with Crippen molar-refractivity contribution in [2.75, 3.05) is 13.7 Å². The summed E-state index contributed by atoms with van der Waals surface area (Å²) in [7, 11) is 1.62. The van der Waals surface area contributed by atoms with Gasteiger partial charge in [0, 0.05) is 19.2 Å². The van der Waals surface area contributed by atoms with Crippen molar-refractivity contribution in [3.05, 3.63) is 47.0 Å². The molecule has 4 heteroatoms. The van der Waals surface area contributed by atoms with E-state index in [-0.39, 0.29) is 30.0 Å². The quantitative estimate of drug-likeness (QED) is 0.587. The lowest BCUT2D eigenvalue weighted by Gasteiger charge is -2.49. The van der Waals surface area contributed by atoms with E-state index in [2.05, 4.69) is 26.1 Å². The number of carbonyl (C=O) groups is 1. The Morgan fingerprint density at radius 1 is 1.10 bits per heavy atom. The Morgan fingerprint density at radius 3 is 2.45 bits per heavy atom. The summed E-state index contributed by atoms with van der Waals surface area (Å²) >= 11 is 0. The van der Waals surface area contributed by atoms with Gasteiger partial charge in [-0.15, -0.1) is 0 Å². The summed E-state index contributed by atoms with van der Waals surface area (Å²) in [4.78, 5) is 10.9. The maximum Gasteiger partial charge on any atom is 0.251 e. The second kappa shape index (κ2) is 9.87. The number of benzene rings is 1. The molecule has 0 aromatic heterocycles. The molecule has 0 aliphatic heterocycles. The molecule has 1 fully saturated rings. The van der Waals surface area contributed by atoms with Crippen LogP contribution in [-0.4, -0.2) is 35.9 Å². The third-order valence-electron chi connectivity index (χ3n) is 8.45. The number of aliphatic hydroxyl groups is 2. The molecule has 0 heterocycles. The van der Waals surface area contributed by atoms with Crippen LogP contribution in [0.5, 0.6) is 0 Å². The predicted molar refractivity (Wildman–Crippen MR) is 126 cm³/mol. The second-order valence-electron chi connectivity index (χ2n) is 10.7. The average molecular weight is 428 g/mol. The first-order valence-electron chi connectivity index (χ1n) is 12.0. The molecular formula is C27H41NO3. The van der Waals surface area contributed by atoms with E-state index < -0.39 is 0 Å². The number of hydrogen-bond donors (Lipinski definition) is 3. The van der Waals surface area contributed by atoms with Gasteiger partial charge in [0.05, 0.1) is 6.10 Å². The van der Waals surface area contributed by atoms with Gasteiger partial charge in [-0.2, -0.15) is 0 Å². The van der Waals surface area contributed by atoms with Gasteiger partial charge < -0.3 is 15.5 Å². The summed E-state index contributed by atoms with van der Waals surface area (Å²) in [5.74, 6) is 0.943. The highest BCUT2D eigenvalue weighted by Gasteiger charge is 2.47. The number of amides is 1. The summed E-state index contributed by atoms with van der Waals surface area (Å²) in [6, 6.07) is 9.11. The minimum atomic E-state index is -0.195. The molecule has 172 valence electrons. The third kappa shape index (κ3) is 5.23. The van der Waals surface area contributed by atoms with Crippen molar-refractivity contribution in [1.29, 1.82) is 0 Å². The lowest BCUT2D eigenvalue weighted by molar-refractivity contribution is -0.0455. The van der Waals surface area contributed by atoms with Gasteiger partial charge in [0.25, 0.3) is 5.91 Å². The van der Waals surface area contributed by atoms with E-state index in [1.54, 1.807) is 30.3 Å². The highest BCUT2D eigenvalue weighted by molar-refractivity contribution is 5.93. The van der Waals surface area contributed by atoms with Crippen molar-refractivity contribution in [1.82, 2.24) is 5.32 Å². The molecule has 1 aromatic rings. The molecule has 0 saturated heterocycles. The number of nitrogens with one attached hydrogen (secondary N) is 1. The van der Waals surface area contributed by atoms with Gasteiger partial charge in [0.1, 0.15) is 0 Å². The summed E-state index contributed by atoms with van der Waals surface area (Å²) < 4.78 is 0. The van der Waals surface area contributed by atoms with E-state index in [0.717, 1.165) is 19.3 Å². The molecule has 0 radical (unpaired) electrons. The Bertz CT molecular complexity index is 785. The molecule has 4 nitrogen and oxygen atoms in total. The first-order chi connectivity index (χ1) is 14.7. The van der Waals surface area contributed by atoms with E-state index in [4.69, 9.17) is 0 Å². The summed E-state index contributed by atoms with van der Waals surface area (Å²) in [5.41, 5.74) is 4.84. The van der Waals surface area contributed by atoms with E-state index in [9.17, 15) is 15.0 Å². The molecule has 0 spiro atoms. The maximum atomic E-state index is 10.9. The minimum absolute atomic E-state index is 0.0411. The van der Waals surface area contributed by atoms with Crippen LogP contribution < -0.4 is 5.32 Å². The number of hydrogen-bond acceptors (Lipinski definition) is 3. The van der Waals surface area contributed by atoms with Crippen LogP contribution in [0, 0.1) is 22.7 Å². The van der Waals surface area contributed by atoms with E-state index in [1.165, 1.54) is 32.1 Å². The molecule has 31 heavy (non-hydrogen) atoms. The smallest absolute Gasteiger partial charge is 0.251 e. The first kappa shape index (κ1) is 24.0. The molecular weight excluding hydrogens is 386 g/mol. The zero-order valence-electron chi connectivity index (χ0n) is 19.8. The maximum absolute atomic E-state index is 10.9. The predicted octanol–water partition coefficient (Wildman–Crippen LogP) is 5.11. The van der Waals surface area contributed by atoms with E-state index >= 15 is 0 Å². The Labute approximate surface area is 188 Å². The Balaban J connectivity index is 0.000000229. The molecule has 0 bridgehead atoms. The standard InChI is InChI=1S/C19H32O2.C8H9NO/c1-18(2)8-6-13-10-14(4-5-17(13)18)19(3)9-7-16(21)11-15(19)12-20;1-9-8(10)7-5-3-2-4-6-7/h14-16,20-21H,4-12H2,1-3H3;2-6H,1H3,(H,9,10). The molecule has 1 amide bonds. The molecule has 1 aromatic carbocycles. The van der Waals surface area contributed by atoms with Crippen LogP contribution in [0.3, 0.4) is 0 Å². The highest BCUT2D eigenvalue weighted by Crippen LogP contribution is 2.56. The van der Waals surface area contributed by atoms with Crippen molar-refractivity contribution < 1.29 is 15.0 Å². The van der Waals surface area contributed by atoms with Gasteiger partial charge in [-0.25, -0.2) is 0 Å². The van der Waals surface area contributed by atoms with Gasteiger partial charge in [0.15, 0.2) is 0 Å². The topological polar surface area (TPSA) is 69.6 Å². The number of rotatable bonds is 3. The van der Waals surface area contributed by atoms with Gasteiger partial charge >= 0.3 is 0 Å². The Kier molecular flexibility index (Phi) is 7.64. The second-order valence-corrected chi connectivity index (χ2v) is 10.7. The van der Waals surface area contributed by atoms with Crippen LogP contribution in [0.25, 0.3) is 0 Å². The fraction of sp³-hybridized carbons (Fsp3) is 0.667. The van der Waals surface area contributed by atoms with Gasteiger partial charge in [-0.3, -0.25) is 4.79 Å². The lowest BCUT2D eigenvalue weighted by atomic mass is 9.56. The van der Waals surface area contributed by atoms with Crippen molar-refractivity contribution >= 4 is 5.91 Å². The van der Waals surface area contributed by atoms with Crippen molar-refractivity contribution in [3.63, 3.8) is 0 Å². The summed E-state index contributed by atoms with van der Waals surface area (Å²) in [5, 5.41) is 22.3. The molecule has 3 aliphatic rings. The summed E-state index contributed by atoms with van der Waals surface area (Å²) in [6.07, 6.45) is 9.01. The van der Waals surface area contributed by atoms with Gasteiger partial charge in [-0.1, -0.05) is 50.1 Å². The van der Waals surface area contributed by atoms with Crippen LogP contribution in [0.15, 0.2) is 41.5 Å². The SMILES string of the molecule is CC1(C)CCC2=C1CCC(C1(C)CCC(O)CC1CO)C2.CNC(=O)c1ccccc1. The molecule has 4 atom stereocenters. The summed E-state index contributed by atoms with van der Waals surface area (Å²) in [6.45, 7) is 7.44. The number of allylic oxidation sites excluding steroid dienone is 2. The molecule has 4 unspecified atom stereocenters. The molecule has 1 saturated carbocycles. The Hall–Kier alpha value is -1.65. The molecule has 3 N–H and O–H groups in total. The van der Waals surface area contributed by atoms with Gasteiger partial charge in [-0.05, 0) is 86.2 Å². The third-order valence-corrected chi connectivity index (χ3v) is 8.45. The number of carbonyl (C=O) groups excluding carboxylic acids is 1. The van der Waals surface area contributed by atoms with Crippen LogP contribution in [0.1, 0.15) is 82.5 Å². The first-order valence-corrected chi connectivity index (χ1v) is 12.0. The minimum Gasteiger partial charge on any atom is -0.396 e. The van der Waals surface area contributed by atoms with Crippen LogP contribution in [0.4, 0.5) is 0 Å². The van der Waals surface area contributed by atoms with Crippen molar-refractivity contribution in [2.45, 2.75) is 78.2 Å². The normalized spacial score (nSPS) is 32.0. The van der Waals surface area contributed by atoms with E-state index in [1.807, 2.05) is 18.2 Å². The van der Waals surface area contributed by atoms with Crippen LogP contribution >= 0.6 is 0 Å². The lowest BCUT2D eigenvalue weighted by Crippen LogP contribution is -2.44. The molecule has 4 rings (SSSR count). The van der Waals surface area contributed by atoms with Crippen LogP contribution in [0.2, 0.25) is 0 Å². The fourth-order valence-corrected chi connectivity index (χ4v) is 6.22. The van der Waals surface area contributed by atoms with E-state index in [0.29, 0.717) is 16.9 Å². The number of aliphatic hydroxyl groups excluding tert-OH is 2. The zero-order chi connectivity index (χ0) is 22.6.